The molecule has 0 aromatic heterocycles. The third-order valence-corrected chi connectivity index (χ3v) is 3.52. The van der Waals surface area contributed by atoms with Crippen molar-refractivity contribution in [2.75, 3.05) is 19.5 Å². The highest BCUT2D eigenvalue weighted by Crippen LogP contribution is 2.37. The highest BCUT2D eigenvalue weighted by molar-refractivity contribution is 6.35. The number of phenols is 1. The summed E-state index contributed by atoms with van der Waals surface area (Å²) in [4.78, 5) is 12.2. The van der Waals surface area contributed by atoms with Gasteiger partial charge in [-0.2, -0.15) is 0 Å². The minimum absolute atomic E-state index is 0.110. The van der Waals surface area contributed by atoms with Crippen molar-refractivity contribution >= 4 is 23.2 Å². The first-order valence-corrected chi connectivity index (χ1v) is 6.71. The molecule has 2 aromatic rings. The number of hydrogen-bond donors (Lipinski definition) is 2. The molecule has 1 aliphatic rings. The molecule has 22 heavy (non-hydrogen) atoms. The summed E-state index contributed by atoms with van der Waals surface area (Å²) in [5.41, 5.74) is 2.53. The van der Waals surface area contributed by atoms with E-state index in [1.165, 1.54) is 6.07 Å². The van der Waals surface area contributed by atoms with Gasteiger partial charge in [-0.3, -0.25) is 4.79 Å². The molecule has 5 heteroatoms. The molecule has 0 bridgehead atoms. The van der Waals surface area contributed by atoms with Gasteiger partial charge in [0.2, 0.25) is 0 Å². The van der Waals surface area contributed by atoms with Crippen LogP contribution < -0.4 is 14.8 Å². The molecule has 1 heterocycles. The predicted octanol–water partition coefficient (Wildman–Crippen LogP) is 2.90. The first-order chi connectivity index (χ1) is 10.6. The fourth-order valence-electron chi connectivity index (χ4n) is 2.43. The standard InChI is InChI=1S/C17H15NO4/c1-21-12-4-6-16(22-2)10(7-12)8-14-13-9-11(19)3-5-15(13)18-17(14)20/h3-9,19H,1-2H3,(H,18,20). The lowest BCUT2D eigenvalue weighted by atomic mass is 10.0. The molecule has 3 rings (SSSR count). The van der Waals surface area contributed by atoms with Gasteiger partial charge in [-0.15, -0.1) is 0 Å². The van der Waals surface area contributed by atoms with Crippen LogP contribution in [0.25, 0.3) is 11.6 Å². The summed E-state index contributed by atoms with van der Waals surface area (Å²) < 4.78 is 10.5. The van der Waals surface area contributed by atoms with E-state index in [0.717, 1.165) is 5.56 Å². The number of methoxy groups -OCH3 is 2. The summed E-state index contributed by atoms with van der Waals surface area (Å²) in [7, 11) is 3.15. The molecule has 0 atom stereocenters. The summed E-state index contributed by atoms with van der Waals surface area (Å²) in [6.45, 7) is 0. The molecule has 0 spiro atoms. The molecule has 0 radical (unpaired) electrons. The Kier molecular flexibility index (Phi) is 3.47. The van der Waals surface area contributed by atoms with Gasteiger partial charge in [0.15, 0.2) is 0 Å². The number of carbonyl (C=O) groups is 1. The number of carbonyl (C=O) groups excluding carboxylic acids is 1. The SMILES string of the molecule is COc1ccc(OC)c(C=C2C(=O)Nc3ccc(O)cc32)c1. The van der Waals surface area contributed by atoms with Gasteiger partial charge in [-0.25, -0.2) is 0 Å². The molecule has 1 aliphatic heterocycles. The number of hydrogen-bond acceptors (Lipinski definition) is 4. The summed E-state index contributed by atoms with van der Waals surface area (Å²) >= 11 is 0. The molecule has 5 nitrogen and oxygen atoms in total. The van der Waals surface area contributed by atoms with Crippen molar-refractivity contribution in [1.29, 1.82) is 0 Å². The van der Waals surface area contributed by atoms with Crippen molar-refractivity contribution in [3.8, 4) is 17.2 Å². The van der Waals surface area contributed by atoms with E-state index in [1.807, 2.05) is 0 Å². The van der Waals surface area contributed by atoms with Crippen LogP contribution in [-0.2, 0) is 4.79 Å². The highest BCUT2D eigenvalue weighted by atomic mass is 16.5. The lowest BCUT2D eigenvalue weighted by Crippen LogP contribution is -2.03. The topological polar surface area (TPSA) is 67.8 Å². The number of phenolic OH excluding ortho intramolecular Hbond substituents is 1. The van der Waals surface area contributed by atoms with Gasteiger partial charge < -0.3 is 19.9 Å². The smallest absolute Gasteiger partial charge is 0.256 e. The maximum Gasteiger partial charge on any atom is 0.256 e. The number of amides is 1. The minimum atomic E-state index is -0.217. The van der Waals surface area contributed by atoms with Gasteiger partial charge in [0, 0.05) is 22.4 Å². The van der Waals surface area contributed by atoms with Crippen LogP contribution in [0.3, 0.4) is 0 Å². The van der Waals surface area contributed by atoms with Crippen molar-refractivity contribution in [2.24, 2.45) is 0 Å². The van der Waals surface area contributed by atoms with E-state index in [4.69, 9.17) is 9.47 Å². The third kappa shape index (κ3) is 2.37. The van der Waals surface area contributed by atoms with E-state index in [2.05, 4.69) is 5.32 Å². The maximum absolute atomic E-state index is 12.2. The van der Waals surface area contributed by atoms with Crippen LogP contribution in [-0.4, -0.2) is 25.2 Å². The number of benzene rings is 2. The van der Waals surface area contributed by atoms with Crippen LogP contribution in [0.15, 0.2) is 36.4 Å². The van der Waals surface area contributed by atoms with E-state index in [-0.39, 0.29) is 11.7 Å². The van der Waals surface area contributed by atoms with Crippen LogP contribution in [0.2, 0.25) is 0 Å². The zero-order valence-corrected chi connectivity index (χ0v) is 12.2. The average Bonchev–Trinajstić information content (AvgIpc) is 2.83. The van der Waals surface area contributed by atoms with E-state index in [1.54, 1.807) is 50.6 Å². The monoisotopic (exact) mass is 297 g/mol. The van der Waals surface area contributed by atoms with E-state index in [0.29, 0.717) is 28.3 Å². The Morgan fingerprint density at radius 1 is 1.09 bits per heavy atom. The van der Waals surface area contributed by atoms with E-state index < -0.39 is 0 Å². The number of rotatable bonds is 3. The second-order valence-electron chi connectivity index (χ2n) is 4.85. The molecule has 0 saturated heterocycles. The number of ether oxygens (including phenoxy) is 2. The van der Waals surface area contributed by atoms with Crippen LogP contribution in [0.1, 0.15) is 11.1 Å². The van der Waals surface area contributed by atoms with Crippen molar-refractivity contribution in [3.63, 3.8) is 0 Å². The Hall–Kier alpha value is -2.95. The lowest BCUT2D eigenvalue weighted by Gasteiger charge is -2.08. The zero-order valence-electron chi connectivity index (χ0n) is 12.2. The Morgan fingerprint density at radius 3 is 2.64 bits per heavy atom. The van der Waals surface area contributed by atoms with Crippen molar-refractivity contribution in [3.05, 3.63) is 47.5 Å². The van der Waals surface area contributed by atoms with Crippen LogP contribution in [0.5, 0.6) is 17.2 Å². The molecule has 1 amide bonds. The van der Waals surface area contributed by atoms with Gasteiger partial charge in [0.05, 0.1) is 14.2 Å². The molecular formula is C17H15NO4. The number of aromatic hydroxyl groups is 1. The Labute approximate surface area is 127 Å². The molecule has 0 aliphatic carbocycles. The first kappa shape index (κ1) is 14.0. The first-order valence-electron chi connectivity index (χ1n) is 6.71. The Balaban J connectivity index is 2.13. The largest absolute Gasteiger partial charge is 0.508 e. The van der Waals surface area contributed by atoms with Gasteiger partial charge in [-0.1, -0.05) is 0 Å². The normalized spacial score (nSPS) is 14.6. The number of nitrogens with one attached hydrogen (secondary N) is 1. The van der Waals surface area contributed by atoms with Gasteiger partial charge >= 0.3 is 0 Å². The van der Waals surface area contributed by atoms with Crippen LogP contribution in [0.4, 0.5) is 5.69 Å². The third-order valence-electron chi connectivity index (χ3n) is 3.52. The molecule has 0 fully saturated rings. The minimum Gasteiger partial charge on any atom is -0.508 e. The molecule has 0 unspecified atom stereocenters. The number of anilines is 1. The summed E-state index contributed by atoms with van der Waals surface area (Å²) in [5.74, 6) is 1.20. The second kappa shape index (κ2) is 5.44. The molecule has 2 N–H and O–H groups in total. The zero-order chi connectivity index (χ0) is 15.7. The van der Waals surface area contributed by atoms with Gasteiger partial charge in [-0.05, 0) is 42.5 Å². The predicted molar refractivity (Wildman–Crippen MR) is 84.2 cm³/mol. The molecule has 2 aromatic carbocycles. The highest BCUT2D eigenvalue weighted by Gasteiger charge is 2.24. The van der Waals surface area contributed by atoms with Crippen LogP contribution >= 0.6 is 0 Å². The fraction of sp³-hybridized carbons (Fsp3) is 0.118. The number of fused-ring (bicyclic) bond motifs is 1. The lowest BCUT2D eigenvalue weighted by molar-refractivity contribution is -0.110. The van der Waals surface area contributed by atoms with Crippen molar-refractivity contribution in [2.45, 2.75) is 0 Å². The molecule has 112 valence electrons. The van der Waals surface area contributed by atoms with E-state index in [9.17, 15) is 9.90 Å². The Bertz CT molecular complexity index is 780. The second-order valence-corrected chi connectivity index (χ2v) is 4.85. The quantitative estimate of drug-likeness (QED) is 0.675. The van der Waals surface area contributed by atoms with E-state index >= 15 is 0 Å². The summed E-state index contributed by atoms with van der Waals surface area (Å²) in [6, 6.07) is 10.1. The maximum atomic E-state index is 12.2. The molecular weight excluding hydrogens is 282 g/mol. The van der Waals surface area contributed by atoms with Gasteiger partial charge in [0.1, 0.15) is 17.2 Å². The Morgan fingerprint density at radius 2 is 1.91 bits per heavy atom. The van der Waals surface area contributed by atoms with Crippen molar-refractivity contribution < 1.29 is 19.4 Å². The fourth-order valence-corrected chi connectivity index (χ4v) is 2.43. The average molecular weight is 297 g/mol. The summed E-state index contributed by atoms with van der Waals surface area (Å²) in [6.07, 6.45) is 1.72. The molecule has 0 saturated carbocycles. The summed E-state index contributed by atoms with van der Waals surface area (Å²) in [5, 5.41) is 12.4. The van der Waals surface area contributed by atoms with Gasteiger partial charge in [0.25, 0.3) is 5.91 Å². The van der Waals surface area contributed by atoms with Crippen LogP contribution in [0, 0.1) is 0 Å². The van der Waals surface area contributed by atoms with Crippen molar-refractivity contribution in [1.82, 2.24) is 0 Å².